The summed E-state index contributed by atoms with van der Waals surface area (Å²) in [6.45, 7) is 7.44. The number of hydrogen-bond acceptors (Lipinski definition) is 5. The van der Waals surface area contributed by atoms with Crippen molar-refractivity contribution in [3.05, 3.63) is 59.5 Å². The number of hydrogen-bond donors (Lipinski definition) is 2. The highest BCUT2D eigenvalue weighted by Gasteiger charge is 2.26. The molecule has 0 saturated carbocycles. The number of nitrogens with one attached hydrogen (secondary N) is 2. The topological polar surface area (TPSA) is 83.6 Å². The molecular weight excluding hydrogens is 399 g/mol. The largest absolute Gasteiger partial charge is 0.444 e. The minimum atomic E-state index is -0.491. The van der Waals surface area contributed by atoms with E-state index in [1.165, 1.54) is 24.3 Å². The summed E-state index contributed by atoms with van der Waals surface area (Å²) in [6, 6.07) is 11.1. The van der Waals surface area contributed by atoms with Gasteiger partial charge >= 0.3 is 6.09 Å². The Labute approximate surface area is 182 Å². The number of ether oxygens (including phenoxy) is 1. The number of carbonyl (C=O) groups excluding carboxylic acids is 2. The van der Waals surface area contributed by atoms with E-state index in [0.29, 0.717) is 31.0 Å². The van der Waals surface area contributed by atoms with E-state index in [2.05, 4.69) is 15.6 Å². The number of nitrogens with zero attached hydrogens (tertiary/aromatic N) is 2. The molecule has 2 aromatic rings. The minimum absolute atomic E-state index is 0.266. The van der Waals surface area contributed by atoms with E-state index in [9.17, 15) is 14.0 Å². The Bertz CT molecular complexity index is 904. The van der Waals surface area contributed by atoms with Crippen molar-refractivity contribution in [2.75, 3.05) is 18.4 Å². The second-order valence-electron chi connectivity index (χ2n) is 8.60. The number of aromatic nitrogens is 1. The van der Waals surface area contributed by atoms with Gasteiger partial charge in [-0.3, -0.25) is 4.79 Å². The van der Waals surface area contributed by atoms with Crippen molar-refractivity contribution in [2.24, 2.45) is 0 Å². The number of pyridine rings is 1. The number of carbonyl (C=O) groups is 2. The maximum Gasteiger partial charge on any atom is 0.410 e. The minimum Gasteiger partial charge on any atom is -0.444 e. The molecule has 1 aliphatic heterocycles. The van der Waals surface area contributed by atoms with Gasteiger partial charge in [0, 0.05) is 31.2 Å². The molecule has 0 atom stereocenters. The van der Waals surface area contributed by atoms with Gasteiger partial charge in [-0.25, -0.2) is 14.2 Å². The Kier molecular flexibility index (Phi) is 7.22. The first kappa shape index (κ1) is 22.7. The van der Waals surface area contributed by atoms with Gasteiger partial charge in [0.25, 0.3) is 5.91 Å². The zero-order valence-corrected chi connectivity index (χ0v) is 18.2. The third-order valence-corrected chi connectivity index (χ3v) is 4.87. The zero-order chi connectivity index (χ0) is 22.4. The summed E-state index contributed by atoms with van der Waals surface area (Å²) in [7, 11) is 0. The van der Waals surface area contributed by atoms with Crippen LogP contribution in [0.15, 0.2) is 42.5 Å². The Balaban J connectivity index is 1.47. The number of piperidine rings is 1. The predicted octanol–water partition coefficient (Wildman–Crippen LogP) is 3.96. The van der Waals surface area contributed by atoms with E-state index in [1.54, 1.807) is 11.0 Å². The van der Waals surface area contributed by atoms with E-state index >= 15 is 0 Å². The summed E-state index contributed by atoms with van der Waals surface area (Å²) in [4.78, 5) is 30.7. The molecule has 31 heavy (non-hydrogen) atoms. The van der Waals surface area contributed by atoms with Crippen molar-refractivity contribution in [3.63, 3.8) is 0 Å². The normalized spacial score (nSPS) is 14.9. The van der Waals surface area contributed by atoms with Crippen LogP contribution in [-0.4, -0.2) is 46.6 Å². The van der Waals surface area contributed by atoms with Crippen LogP contribution in [0.3, 0.4) is 0 Å². The number of halogens is 1. The molecule has 1 aromatic carbocycles. The van der Waals surface area contributed by atoms with Crippen molar-refractivity contribution >= 4 is 17.8 Å². The molecule has 1 aliphatic rings. The first-order valence-electron chi connectivity index (χ1n) is 10.4. The second-order valence-corrected chi connectivity index (χ2v) is 8.60. The third kappa shape index (κ3) is 7.03. The van der Waals surface area contributed by atoms with E-state index in [0.717, 1.165) is 18.5 Å². The molecule has 166 valence electrons. The summed E-state index contributed by atoms with van der Waals surface area (Å²) in [5, 5.41) is 6.20. The lowest BCUT2D eigenvalue weighted by atomic mass is 10.1. The van der Waals surface area contributed by atoms with Crippen molar-refractivity contribution in [1.29, 1.82) is 0 Å². The van der Waals surface area contributed by atoms with E-state index in [-0.39, 0.29) is 23.9 Å². The molecule has 3 rings (SSSR count). The van der Waals surface area contributed by atoms with Gasteiger partial charge in [-0.05, 0) is 70.0 Å². The van der Waals surface area contributed by atoms with Crippen LogP contribution in [-0.2, 0) is 11.3 Å². The molecule has 8 heteroatoms. The van der Waals surface area contributed by atoms with Gasteiger partial charge in [-0.15, -0.1) is 0 Å². The Morgan fingerprint density at radius 3 is 2.45 bits per heavy atom. The van der Waals surface area contributed by atoms with Crippen molar-refractivity contribution in [2.45, 2.75) is 51.8 Å². The average molecular weight is 429 g/mol. The van der Waals surface area contributed by atoms with E-state index in [1.807, 2.05) is 32.9 Å². The van der Waals surface area contributed by atoms with Gasteiger partial charge in [0.05, 0.1) is 5.69 Å². The zero-order valence-electron chi connectivity index (χ0n) is 18.2. The highest BCUT2D eigenvalue weighted by molar-refractivity contribution is 6.03. The fourth-order valence-electron chi connectivity index (χ4n) is 3.28. The molecule has 1 fully saturated rings. The van der Waals surface area contributed by atoms with Crippen LogP contribution < -0.4 is 10.6 Å². The van der Waals surface area contributed by atoms with Crippen LogP contribution in [0.1, 0.15) is 49.7 Å². The molecule has 0 unspecified atom stereocenters. The highest BCUT2D eigenvalue weighted by Crippen LogP contribution is 2.16. The number of amides is 2. The van der Waals surface area contributed by atoms with Gasteiger partial charge in [0.2, 0.25) is 0 Å². The summed E-state index contributed by atoms with van der Waals surface area (Å²) >= 11 is 0. The van der Waals surface area contributed by atoms with Crippen LogP contribution in [0.2, 0.25) is 0 Å². The molecule has 7 nitrogen and oxygen atoms in total. The first-order chi connectivity index (χ1) is 14.7. The SMILES string of the molecule is CC(C)(C)OC(=O)N1CCC(NCc2cccc(NC(=O)c3ccc(F)cc3)n2)CC1. The summed E-state index contributed by atoms with van der Waals surface area (Å²) in [5.41, 5.74) is 0.671. The molecule has 0 bridgehead atoms. The van der Waals surface area contributed by atoms with Crippen molar-refractivity contribution in [3.8, 4) is 0 Å². The molecule has 0 aliphatic carbocycles. The average Bonchev–Trinajstić information content (AvgIpc) is 2.72. The number of anilines is 1. The van der Waals surface area contributed by atoms with Gasteiger partial charge in [-0.2, -0.15) is 0 Å². The smallest absolute Gasteiger partial charge is 0.410 e. The van der Waals surface area contributed by atoms with Crippen LogP contribution in [0.4, 0.5) is 15.0 Å². The van der Waals surface area contributed by atoms with Gasteiger partial charge in [0.1, 0.15) is 17.2 Å². The van der Waals surface area contributed by atoms with Crippen molar-refractivity contribution in [1.82, 2.24) is 15.2 Å². The maximum atomic E-state index is 13.0. The molecule has 0 radical (unpaired) electrons. The van der Waals surface area contributed by atoms with Crippen LogP contribution in [0.5, 0.6) is 0 Å². The quantitative estimate of drug-likeness (QED) is 0.753. The number of likely N-dealkylation sites (tertiary alicyclic amines) is 1. The fraction of sp³-hybridized carbons (Fsp3) is 0.435. The molecule has 1 aromatic heterocycles. The molecule has 2 amide bonds. The lowest BCUT2D eigenvalue weighted by Crippen LogP contribution is -2.46. The second kappa shape index (κ2) is 9.87. The first-order valence-corrected chi connectivity index (χ1v) is 10.4. The van der Waals surface area contributed by atoms with E-state index in [4.69, 9.17) is 4.74 Å². The lowest BCUT2D eigenvalue weighted by molar-refractivity contribution is 0.0198. The fourth-order valence-corrected chi connectivity index (χ4v) is 3.28. The summed E-state index contributed by atoms with van der Waals surface area (Å²) < 4.78 is 18.4. The van der Waals surface area contributed by atoms with E-state index < -0.39 is 5.60 Å². The van der Waals surface area contributed by atoms with Crippen LogP contribution in [0.25, 0.3) is 0 Å². The molecule has 0 spiro atoms. The Morgan fingerprint density at radius 2 is 1.81 bits per heavy atom. The molecular formula is C23H29FN4O3. The van der Waals surface area contributed by atoms with Crippen molar-refractivity contribution < 1.29 is 18.7 Å². The summed E-state index contributed by atoms with van der Waals surface area (Å²) in [5.74, 6) is -0.292. The van der Waals surface area contributed by atoms with Gasteiger partial charge < -0.3 is 20.3 Å². The standard InChI is InChI=1S/C23H29FN4O3/c1-23(2,3)31-22(30)28-13-11-18(12-14-28)25-15-19-5-4-6-20(26-19)27-21(29)16-7-9-17(24)10-8-16/h4-10,18,25H,11-15H2,1-3H3,(H,26,27,29). The van der Waals surface area contributed by atoms with Crippen LogP contribution in [0, 0.1) is 5.82 Å². The predicted molar refractivity (Wildman–Crippen MR) is 116 cm³/mol. The molecule has 2 N–H and O–H groups in total. The molecule has 1 saturated heterocycles. The maximum absolute atomic E-state index is 13.0. The summed E-state index contributed by atoms with van der Waals surface area (Å²) in [6.07, 6.45) is 1.40. The molecule has 2 heterocycles. The number of benzene rings is 1. The van der Waals surface area contributed by atoms with Gasteiger partial charge in [-0.1, -0.05) is 6.07 Å². The Hall–Kier alpha value is -3.00. The third-order valence-electron chi connectivity index (χ3n) is 4.87. The monoisotopic (exact) mass is 428 g/mol. The lowest BCUT2D eigenvalue weighted by Gasteiger charge is -2.33. The highest BCUT2D eigenvalue weighted by atomic mass is 19.1. The Morgan fingerprint density at radius 1 is 1.13 bits per heavy atom. The number of rotatable bonds is 5. The van der Waals surface area contributed by atoms with Gasteiger partial charge in [0.15, 0.2) is 0 Å². The van der Waals surface area contributed by atoms with Crippen LogP contribution >= 0.6 is 0 Å².